The minimum absolute atomic E-state index is 0.300. The van der Waals surface area contributed by atoms with Crippen LogP contribution in [0, 0.1) is 0 Å². The zero-order chi connectivity index (χ0) is 21.1. The quantitative estimate of drug-likeness (QED) is 0.209. The smallest absolute Gasteiger partial charge is 0.323 e. The van der Waals surface area contributed by atoms with Crippen LogP contribution in [-0.4, -0.2) is 35.6 Å². The van der Waals surface area contributed by atoms with Gasteiger partial charge in [-0.3, -0.25) is 19.6 Å². The Labute approximate surface area is 169 Å². The van der Waals surface area contributed by atoms with Crippen LogP contribution in [0.2, 0.25) is 0 Å². The molecule has 0 fully saturated rings. The average Bonchev–Trinajstić information content (AvgIpc) is 2.72. The van der Waals surface area contributed by atoms with E-state index in [2.05, 4.69) is 10.6 Å². The van der Waals surface area contributed by atoms with Crippen LogP contribution in [0.15, 0.2) is 54.6 Å². The molecule has 154 valence electrons. The van der Waals surface area contributed by atoms with Gasteiger partial charge < -0.3 is 15.4 Å². The predicted molar refractivity (Wildman–Crippen MR) is 107 cm³/mol. The van der Waals surface area contributed by atoms with Gasteiger partial charge in [0, 0.05) is 12.2 Å². The summed E-state index contributed by atoms with van der Waals surface area (Å²) in [4.78, 5) is 35.1. The van der Waals surface area contributed by atoms with E-state index in [1.54, 1.807) is 25.1 Å². The number of carbonyl (C=O) groups is 3. The first-order chi connectivity index (χ1) is 14.0. The second kappa shape index (κ2) is 11.6. The van der Waals surface area contributed by atoms with Crippen LogP contribution in [0.25, 0.3) is 0 Å². The minimum Gasteiger partial charge on any atom is -0.465 e. The molecular formula is C21H25N3O5. The van der Waals surface area contributed by atoms with E-state index in [-0.39, 0.29) is 5.97 Å². The van der Waals surface area contributed by atoms with Gasteiger partial charge in [0.15, 0.2) is 0 Å². The van der Waals surface area contributed by atoms with Crippen LogP contribution in [0.1, 0.15) is 24.5 Å². The van der Waals surface area contributed by atoms with Crippen LogP contribution in [0.5, 0.6) is 0 Å². The standard InChI is InChI=1S/C21H25N3O5/c1-2-29-21(27)18(12-15-7-4-3-5-8-15)22-14-16-9-6-10-17(11-16)23-19(25)13-20(26)24-28/h3-11,18,22,28H,2,12-14H2,1H3,(H,23,25)(H,24,26)/t18-/m0/s1. The summed E-state index contributed by atoms with van der Waals surface area (Å²) in [6, 6.07) is 16.2. The normalized spacial score (nSPS) is 11.4. The molecule has 0 spiro atoms. The Morgan fingerprint density at radius 2 is 1.72 bits per heavy atom. The van der Waals surface area contributed by atoms with E-state index in [0.717, 1.165) is 11.1 Å². The first-order valence-corrected chi connectivity index (χ1v) is 9.27. The van der Waals surface area contributed by atoms with E-state index in [9.17, 15) is 14.4 Å². The highest BCUT2D eigenvalue weighted by Crippen LogP contribution is 2.12. The Balaban J connectivity index is 2.00. The fourth-order valence-corrected chi connectivity index (χ4v) is 2.72. The first kappa shape index (κ1) is 22.1. The topological polar surface area (TPSA) is 117 Å². The highest BCUT2D eigenvalue weighted by Gasteiger charge is 2.19. The summed E-state index contributed by atoms with van der Waals surface area (Å²) >= 11 is 0. The van der Waals surface area contributed by atoms with Gasteiger partial charge in [-0.25, -0.2) is 5.48 Å². The van der Waals surface area contributed by atoms with Crippen molar-refractivity contribution in [3.8, 4) is 0 Å². The SMILES string of the molecule is CCOC(=O)[C@H](Cc1ccccc1)NCc1cccc(NC(=O)CC(=O)NO)c1. The molecule has 0 saturated heterocycles. The van der Waals surface area contributed by atoms with E-state index in [0.29, 0.717) is 25.3 Å². The van der Waals surface area contributed by atoms with E-state index in [1.165, 1.54) is 5.48 Å². The number of esters is 1. The molecule has 2 rings (SSSR count). The second-order valence-electron chi connectivity index (χ2n) is 6.34. The van der Waals surface area contributed by atoms with Crippen molar-refractivity contribution in [1.82, 2.24) is 10.8 Å². The highest BCUT2D eigenvalue weighted by atomic mass is 16.5. The molecule has 8 nitrogen and oxygen atoms in total. The Hall–Kier alpha value is -3.23. The molecule has 29 heavy (non-hydrogen) atoms. The number of hydroxylamine groups is 1. The maximum atomic E-state index is 12.3. The summed E-state index contributed by atoms with van der Waals surface area (Å²) in [5.74, 6) is -1.66. The van der Waals surface area contributed by atoms with Crippen molar-refractivity contribution in [2.45, 2.75) is 32.4 Å². The number of anilines is 1. The van der Waals surface area contributed by atoms with Crippen molar-refractivity contribution in [1.29, 1.82) is 0 Å². The largest absolute Gasteiger partial charge is 0.465 e. The molecule has 2 aromatic rings. The lowest BCUT2D eigenvalue weighted by Gasteiger charge is -2.18. The highest BCUT2D eigenvalue weighted by molar-refractivity contribution is 6.03. The third-order valence-electron chi connectivity index (χ3n) is 4.06. The maximum Gasteiger partial charge on any atom is 0.323 e. The Morgan fingerprint density at radius 3 is 2.41 bits per heavy atom. The number of hydrogen-bond donors (Lipinski definition) is 4. The van der Waals surface area contributed by atoms with Crippen LogP contribution in [0.4, 0.5) is 5.69 Å². The van der Waals surface area contributed by atoms with Gasteiger partial charge in [0.1, 0.15) is 12.5 Å². The van der Waals surface area contributed by atoms with Gasteiger partial charge in [-0.05, 0) is 36.6 Å². The Morgan fingerprint density at radius 1 is 1.00 bits per heavy atom. The summed E-state index contributed by atoms with van der Waals surface area (Å²) in [6.07, 6.45) is 0.00730. The third kappa shape index (κ3) is 7.73. The van der Waals surface area contributed by atoms with Crippen LogP contribution < -0.4 is 16.1 Å². The van der Waals surface area contributed by atoms with Crippen LogP contribution >= 0.6 is 0 Å². The minimum atomic E-state index is -0.793. The molecule has 0 aliphatic heterocycles. The second-order valence-corrected chi connectivity index (χ2v) is 6.34. The fraction of sp³-hybridized carbons (Fsp3) is 0.286. The van der Waals surface area contributed by atoms with Crippen LogP contribution in [-0.2, 0) is 32.1 Å². The van der Waals surface area contributed by atoms with E-state index in [1.807, 2.05) is 36.4 Å². The molecule has 0 heterocycles. The van der Waals surface area contributed by atoms with Gasteiger partial charge in [0.25, 0.3) is 5.91 Å². The fourth-order valence-electron chi connectivity index (χ4n) is 2.72. The molecule has 0 aromatic heterocycles. The molecule has 0 radical (unpaired) electrons. The van der Waals surface area contributed by atoms with Gasteiger partial charge in [0.05, 0.1) is 6.61 Å². The number of nitrogens with one attached hydrogen (secondary N) is 3. The van der Waals surface area contributed by atoms with Gasteiger partial charge >= 0.3 is 5.97 Å². The van der Waals surface area contributed by atoms with Crippen molar-refractivity contribution >= 4 is 23.5 Å². The third-order valence-corrected chi connectivity index (χ3v) is 4.06. The van der Waals surface area contributed by atoms with E-state index < -0.39 is 24.3 Å². The van der Waals surface area contributed by atoms with Crippen LogP contribution in [0.3, 0.4) is 0 Å². The van der Waals surface area contributed by atoms with Gasteiger partial charge in [0.2, 0.25) is 5.91 Å². The summed E-state index contributed by atoms with van der Waals surface area (Å²) in [5.41, 5.74) is 3.78. The lowest BCUT2D eigenvalue weighted by molar-refractivity contribution is -0.145. The number of ether oxygens (including phenoxy) is 1. The first-order valence-electron chi connectivity index (χ1n) is 9.27. The number of hydrogen-bond acceptors (Lipinski definition) is 6. The maximum absolute atomic E-state index is 12.3. The Kier molecular flexibility index (Phi) is 8.81. The van der Waals surface area contributed by atoms with Crippen molar-refractivity contribution in [3.63, 3.8) is 0 Å². The number of benzene rings is 2. The van der Waals surface area contributed by atoms with Gasteiger partial charge in [-0.2, -0.15) is 0 Å². The molecule has 0 unspecified atom stereocenters. The van der Waals surface area contributed by atoms with E-state index >= 15 is 0 Å². The van der Waals surface area contributed by atoms with Crippen molar-refractivity contribution in [3.05, 3.63) is 65.7 Å². The molecular weight excluding hydrogens is 374 g/mol. The summed E-state index contributed by atoms with van der Waals surface area (Å²) in [6.45, 7) is 2.45. The predicted octanol–water partition coefficient (Wildman–Crippen LogP) is 1.78. The number of carbonyl (C=O) groups excluding carboxylic acids is 3. The molecule has 8 heteroatoms. The van der Waals surface area contributed by atoms with Crippen molar-refractivity contribution < 1.29 is 24.3 Å². The molecule has 2 aromatic carbocycles. The van der Waals surface area contributed by atoms with Crippen molar-refractivity contribution in [2.24, 2.45) is 0 Å². The van der Waals surface area contributed by atoms with Gasteiger partial charge in [-0.15, -0.1) is 0 Å². The number of rotatable bonds is 10. The molecule has 0 saturated carbocycles. The van der Waals surface area contributed by atoms with Gasteiger partial charge in [-0.1, -0.05) is 42.5 Å². The molecule has 4 N–H and O–H groups in total. The van der Waals surface area contributed by atoms with Crippen molar-refractivity contribution in [2.75, 3.05) is 11.9 Å². The molecule has 0 aliphatic carbocycles. The zero-order valence-electron chi connectivity index (χ0n) is 16.2. The lowest BCUT2D eigenvalue weighted by atomic mass is 10.1. The lowest BCUT2D eigenvalue weighted by Crippen LogP contribution is -2.39. The van der Waals surface area contributed by atoms with E-state index in [4.69, 9.17) is 9.94 Å². The number of amides is 2. The summed E-state index contributed by atoms with van der Waals surface area (Å²) < 4.78 is 5.17. The molecule has 0 bridgehead atoms. The zero-order valence-corrected chi connectivity index (χ0v) is 16.2. The summed E-state index contributed by atoms with van der Waals surface area (Å²) in [7, 11) is 0. The molecule has 1 atom stereocenters. The average molecular weight is 399 g/mol. The summed E-state index contributed by atoms with van der Waals surface area (Å²) in [5, 5.41) is 14.3. The monoisotopic (exact) mass is 399 g/mol. The molecule has 0 aliphatic rings. The molecule has 2 amide bonds. The Bertz CT molecular complexity index is 826.